The highest BCUT2D eigenvalue weighted by atomic mass is 16.3. The molecule has 0 aliphatic rings. The highest BCUT2D eigenvalue weighted by Gasteiger charge is 2.22. The van der Waals surface area contributed by atoms with Gasteiger partial charge >= 0.3 is 0 Å². The van der Waals surface area contributed by atoms with E-state index in [0.717, 1.165) is 38.8 Å². The van der Waals surface area contributed by atoms with Gasteiger partial charge in [-0.15, -0.1) is 0 Å². The Hall–Kier alpha value is -7.42. The van der Waals surface area contributed by atoms with Crippen LogP contribution in [0.25, 0.3) is 115 Å². The average Bonchev–Trinajstić information content (AvgIpc) is 3.80. The molecule has 2 nitrogen and oxygen atoms in total. The van der Waals surface area contributed by atoms with Gasteiger partial charge in [-0.2, -0.15) is 0 Å². The van der Waals surface area contributed by atoms with Crippen molar-refractivity contribution < 1.29 is 4.42 Å². The Morgan fingerprint density at radius 1 is 0.321 bits per heavy atom. The number of nitrogens with zero attached hydrogens (tertiary/aromatic N) is 1. The van der Waals surface area contributed by atoms with Gasteiger partial charge in [0, 0.05) is 27.2 Å². The Balaban J connectivity index is 1.19. The first kappa shape index (κ1) is 31.0. The quantitative estimate of drug-likeness (QED) is 0.166. The van der Waals surface area contributed by atoms with Gasteiger partial charge in [-0.3, -0.25) is 0 Å². The normalized spacial score (nSPS) is 11.9. The summed E-state index contributed by atoms with van der Waals surface area (Å²) < 4.78 is 9.18. The molecular weight excluding hydrogens is 679 g/mol. The van der Waals surface area contributed by atoms with E-state index in [-0.39, 0.29) is 0 Å². The zero-order valence-corrected chi connectivity index (χ0v) is 30.4. The minimum Gasteiger partial charge on any atom is -0.456 e. The van der Waals surface area contributed by atoms with Gasteiger partial charge in [-0.05, 0) is 114 Å². The molecule has 0 aliphatic heterocycles. The number of fused-ring (bicyclic) bond motifs is 9. The van der Waals surface area contributed by atoms with Crippen molar-refractivity contribution in [3.05, 3.63) is 200 Å². The molecule has 0 atom stereocenters. The fourth-order valence-corrected chi connectivity index (χ4v) is 9.29. The highest BCUT2D eigenvalue weighted by Crippen LogP contribution is 2.48. The summed E-state index contributed by atoms with van der Waals surface area (Å²) in [6.45, 7) is 0. The van der Waals surface area contributed by atoms with Crippen LogP contribution in [-0.2, 0) is 0 Å². The van der Waals surface area contributed by atoms with Gasteiger partial charge < -0.3 is 8.98 Å². The van der Waals surface area contributed by atoms with Crippen molar-refractivity contribution in [3.63, 3.8) is 0 Å². The van der Waals surface area contributed by atoms with E-state index in [1.807, 2.05) is 0 Å². The van der Waals surface area contributed by atoms with Crippen LogP contribution < -0.4 is 0 Å². The van der Waals surface area contributed by atoms with E-state index in [1.54, 1.807) is 0 Å². The molecule has 56 heavy (non-hydrogen) atoms. The summed E-state index contributed by atoms with van der Waals surface area (Å²) in [5.41, 5.74) is 12.4. The van der Waals surface area contributed by atoms with Gasteiger partial charge in [0.15, 0.2) is 0 Å². The van der Waals surface area contributed by atoms with E-state index >= 15 is 0 Å². The summed E-state index contributed by atoms with van der Waals surface area (Å²) >= 11 is 0. The van der Waals surface area contributed by atoms with Crippen LogP contribution in [0.5, 0.6) is 0 Å². The molecule has 0 unspecified atom stereocenters. The van der Waals surface area contributed by atoms with Crippen LogP contribution in [0.2, 0.25) is 0 Å². The van der Waals surface area contributed by atoms with E-state index in [1.165, 1.54) is 76.4 Å². The summed E-state index contributed by atoms with van der Waals surface area (Å²) in [6, 6.07) is 72.8. The summed E-state index contributed by atoms with van der Waals surface area (Å²) in [5.74, 6) is 0. The molecule has 12 aromatic rings. The predicted molar refractivity (Wildman–Crippen MR) is 237 cm³/mol. The van der Waals surface area contributed by atoms with Gasteiger partial charge in [0.2, 0.25) is 0 Å². The molecular formula is C54H33NO. The molecule has 0 saturated carbocycles. The second-order valence-corrected chi connectivity index (χ2v) is 14.8. The fraction of sp³-hybridized carbons (Fsp3) is 0. The predicted octanol–water partition coefficient (Wildman–Crippen LogP) is 15.1. The Bertz CT molecular complexity index is 3460. The average molecular weight is 712 g/mol. The molecule has 0 aliphatic carbocycles. The smallest absolute Gasteiger partial charge is 0.136 e. The Labute approximate surface area is 323 Å². The number of benzene rings is 10. The number of hydrogen-bond donors (Lipinski definition) is 0. The lowest BCUT2D eigenvalue weighted by Gasteiger charge is -2.19. The molecule has 260 valence electrons. The third-order valence-electron chi connectivity index (χ3n) is 11.7. The largest absolute Gasteiger partial charge is 0.456 e. The van der Waals surface area contributed by atoms with Crippen molar-refractivity contribution in [2.45, 2.75) is 0 Å². The number of rotatable bonds is 4. The fourth-order valence-electron chi connectivity index (χ4n) is 9.29. The summed E-state index contributed by atoms with van der Waals surface area (Å²) in [4.78, 5) is 0. The zero-order chi connectivity index (χ0) is 36.7. The van der Waals surface area contributed by atoms with Gasteiger partial charge in [0.25, 0.3) is 0 Å². The van der Waals surface area contributed by atoms with E-state index in [0.29, 0.717) is 0 Å². The third kappa shape index (κ3) is 4.57. The second-order valence-electron chi connectivity index (χ2n) is 14.8. The van der Waals surface area contributed by atoms with Crippen molar-refractivity contribution in [2.24, 2.45) is 0 Å². The summed E-state index contributed by atoms with van der Waals surface area (Å²) in [6.07, 6.45) is 0. The second kappa shape index (κ2) is 12.0. The van der Waals surface area contributed by atoms with E-state index in [4.69, 9.17) is 4.42 Å². The first-order chi connectivity index (χ1) is 27.8. The van der Waals surface area contributed by atoms with Crippen molar-refractivity contribution in [1.82, 2.24) is 4.57 Å². The topological polar surface area (TPSA) is 18.1 Å². The third-order valence-corrected chi connectivity index (χ3v) is 11.7. The van der Waals surface area contributed by atoms with Crippen LogP contribution in [0, 0.1) is 0 Å². The van der Waals surface area contributed by atoms with Crippen LogP contribution >= 0.6 is 0 Å². The molecule has 2 heteroatoms. The standard InChI is InChI=1S/C54H33NO/c1-3-15-34(16-4-1)52-41-21-9-11-23-43(41)53(44-24-12-10-22-42(44)52)47-30-38(33-51-54(47)45-25-13-14-26-50(45)56-51)37-27-28-40-46-29-35-17-7-8-18-36(35)31-49(46)55(48(40)32-37)39-19-5-2-6-20-39/h1-33H. The van der Waals surface area contributed by atoms with E-state index in [2.05, 4.69) is 205 Å². The van der Waals surface area contributed by atoms with E-state index < -0.39 is 0 Å². The Morgan fingerprint density at radius 3 is 1.61 bits per heavy atom. The molecule has 2 heterocycles. The maximum atomic E-state index is 6.76. The molecule has 0 amide bonds. The summed E-state index contributed by atoms with van der Waals surface area (Å²) in [5, 5.41) is 12.1. The number of hydrogen-bond acceptors (Lipinski definition) is 1. The van der Waals surface area contributed by atoms with Gasteiger partial charge in [-0.25, -0.2) is 0 Å². The molecule has 2 aromatic heterocycles. The Morgan fingerprint density at radius 2 is 0.893 bits per heavy atom. The van der Waals surface area contributed by atoms with Crippen LogP contribution in [0.3, 0.4) is 0 Å². The molecule has 0 saturated heterocycles. The molecule has 0 radical (unpaired) electrons. The zero-order valence-electron chi connectivity index (χ0n) is 30.4. The molecule has 0 spiro atoms. The summed E-state index contributed by atoms with van der Waals surface area (Å²) in [7, 11) is 0. The maximum Gasteiger partial charge on any atom is 0.136 e. The van der Waals surface area contributed by atoms with Crippen LogP contribution in [0.4, 0.5) is 0 Å². The van der Waals surface area contributed by atoms with Crippen LogP contribution in [0.1, 0.15) is 0 Å². The lowest BCUT2D eigenvalue weighted by atomic mass is 9.84. The minimum absolute atomic E-state index is 0.883. The number of furan rings is 1. The van der Waals surface area contributed by atoms with Crippen LogP contribution in [0.15, 0.2) is 205 Å². The van der Waals surface area contributed by atoms with Crippen molar-refractivity contribution in [1.29, 1.82) is 0 Å². The molecule has 0 bridgehead atoms. The molecule has 10 aromatic carbocycles. The van der Waals surface area contributed by atoms with Crippen molar-refractivity contribution in [3.8, 4) is 39.1 Å². The lowest BCUT2D eigenvalue weighted by Crippen LogP contribution is -1.94. The van der Waals surface area contributed by atoms with E-state index in [9.17, 15) is 0 Å². The van der Waals surface area contributed by atoms with Crippen molar-refractivity contribution in [2.75, 3.05) is 0 Å². The number of aromatic nitrogens is 1. The van der Waals surface area contributed by atoms with Crippen molar-refractivity contribution >= 4 is 76.1 Å². The minimum atomic E-state index is 0.883. The maximum absolute atomic E-state index is 6.76. The van der Waals surface area contributed by atoms with Gasteiger partial charge in [0.05, 0.1) is 11.0 Å². The highest BCUT2D eigenvalue weighted by molar-refractivity contribution is 6.26. The first-order valence-corrected chi connectivity index (χ1v) is 19.3. The van der Waals surface area contributed by atoms with Crippen LogP contribution in [-0.4, -0.2) is 4.57 Å². The molecule has 0 N–H and O–H groups in total. The SMILES string of the molecule is c1ccc(-c2c3ccccc3c(-c3cc(-c4ccc5c6cc7ccccc7cc6n(-c6ccccc6)c5c4)cc4oc5ccccc5c34)c3ccccc23)cc1. The van der Waals surface area contributed by atoms with Gasteiger partial charge in [-0.1, -0.05) is 152 Å². The first-order valence-electron chi connectivity index (χ1n) is 19.3. The molecule has 0 fully saturated rings. The monoisotopic (exact) mass is 711 g/mol. The lowest BCUT2D eigenvalue weighted by molar-refractivity contribution is 0.669. The number of para-hydroxylation sites is 2. The molecule has 12 rings (SSSR count). The van der Waals surface area contributed by atoms with Gasteiger partial charge in [0.1, 0.15) is 11.2 Å². The Kier molecular flexibility index (Phi) is 6.66.